The molecule has 17 heavy (non-hydrogen) atoms. The second kappa shape index (κ2) is 4.86. The molecule has 0 amide bonds. The summed E-state index contributed by atoms with van der Waals surface area (Å²) in [5, 5.41) is 0. The van der Waals surface area contributed by atoms with E-state index in [1.807, 2.05) is 12.1 Å². The molecule has 3 nitrogen and oxygen atoms in total. The number of hydrogen-bond acceptors (Lipinski definition) is 3. The van der Waals surface area contributed by atoms with Crippen molar-refractivity contribution in [2.24, 2.45) is 11.8 Å². The third-order valence-corrected chi connectivity index (χ3v) is 3.94. The molecular formula is C14H23N3. The van der Waals surface area contributed by atoms with Gasteiger partial charge in [-0.15, -0.1) is 0 Å². The molecule has 0 atom stereocenters. The van der Waals surface area contributed by atoms with Crippen LogP contribution in [0.4, 0.5) is 17.1 Å². The first-order valence-corrected chi connectivity index (χ1v) is 6.48. The van der Waals surface area contributed by atoms with Crippen LogP contribution in [0.2, 0.25) is 0 Å². The van der Waals surface area contributed by atoms with E-state index in [1.54, 1.807) is 0 Å². The second-order valence-electron chi connectivity index (χ2n) is 5.35. The van der Waals surface area contributed by atoms with Gasteiger partial charge in [0.15, 0.2) is 0 Å². The fourth-order valence-electron chi connectivity index (χ4n) is 2.65. The molecule has 0 aliphatic carbocycles. The van der Waals surface area contributed by atoms with Gasteiger partial charge in [0.05, 0.1) is 17.1 Å². The number of hydrogen-bond donors (Lipinski definition) is 2. The first-order valence-electron chi connectivity index (χ1n) is 6.48. The third kappa shape index (κ3) is 2.48. The van der Waals surface area contributed by atoms with E-state index in [1.165, 1.54) is 12.8 Å². The molecule has 2 rings (SSSR count). The normalized spacial score (nSPS) is 17.7. The Hall–Kier alpha value is -1.38. The number of rotatable bonds is 2. The number of benzene rings is 1. The van der Waals surface area contributed by atoms with E-state index in [-0.39, 0.29) is 0 Å². The van der Waals surface area contributed by atoms with Crippen molar-refractivity contribution in [3.63, 3.8) is 0 Å². The molecule has 4 N–H and O–H groups in total. The van der Waals surface area contributed by atoms with Gasteiger partial charge < -0.3 is 16.4 Å². The molecule has 0 radical (unpaired) electrons. The van der Waals surface area contributed by atoms with Crippen LogP contribution in [0.1, 0.15) is 26.7 Å². The lowest BCUT2D eigenvalue weighted by Gasteiger charge is -2.36. The number of nitrogen functional groups attached to an aromatic ring is 2. The van der Waals surface area contributed by atoms with Crippen LogP contribution in [-0.2, 0) is 0 Å². The molecule has 94 valence electrons. The Labute approximate surface area is 104 Å². The minimum absolute atomic E-state index is 0.688. The van der Waals surface area contributed by atoms with Crippen molar-refractivity contribution < 1.29 is 0 Å². The second-order valence-corrected chi connectivity index (χ2v) is 5.35. The van der Waals surface area contributed by atoms with Crippen molar-refractivity contribution in [2.75, 3.05) is 29.5 Å². The molecule has 1 aliphatic rings. The van der Waals surface area contributed by atoms with Crippen LogP contribution in [-0.4, -0.2) is 13.1 Å². The minimum Gasteiger partial charge on any atom is -0.397 e. The zero-order valence-electron chi connectivity index (χ0n) is 10.8. The van der Waals surface area contributed by atoms with Gasteiger partial charge in [0.1, 0.15) is 0 Å². The zero-order chi connectivity index (χ0) is 12.4. The maximum Gasteiger partial charge on any atom is 0.0785 e. The molecular weight excluding hydrogens is 210 g/mol. The van der Waals surface area contributed by atoms with Crippen molar-refractivity contribution in [2.45, 2.75) is 26.7 Å². The molecule has 1 aliphatic heterocycles. The van der Waals surface area contributed by atoms with Gasteiger partial charge >= 0.3 is 0 Å². The summed E-state index contributed by atoms with van der Waals surface area (Å²) in [6, 6.07) is 5.91. The van der Waals surface area contributed by atoms with Gasteiger partial charge in [-0.05, 0) is 36.8 Å². The summed E-state index contributed by atoms with van der Waals surface area (Å²) in [6.07, 6.45) is 2.51. The van der Waals surface area contributed by atoms with Gasteiger partial charge in [0, 0.05) is 13.1 Å². The lowest BCUT2D eigenvalue weighted by molar-refractivity contribution is 0.311. The van der Waals surface area contributed by atoms with E-state index in [0.29, 0.717) is 5.69 Å². The molecule has 0 aromatic heterocycles. The molecule has 1 aromatic rings. The SMILES string of the molecule is CC(C)C1CCN(c2cccc(N)c2N)CC1. The maximum absolute atomic E-state index is 6.04. The van der Waals surface area contributed by atoms with Crippen LogP contribution in [0.25, 0.3) is 0 Å². The van der Waals surface area contributed by atoms with Crippen LogP contribution in [0.3, 0.4) is 0 Å². The monoisotopic (exact) mass is 233 g/mol. The number of para-hydroxylation sites is 1. The van der Waals surface area contributed by atoms with E-state index >= 15 is 0 Å². The Bertz CT molecular complexity index is 379. The highest BCUT2D eigenvalue weighted by molar-refractivity contribution is 5.79. The van der Waals surface area contributed by atoms with Crippen molar-refractivity contribution in [1.29, 1.82) is 0 Å². The molecule has 1 aromatic carbocycles. The first kappa shape index (κ1) is 12.1. The van der Waals surface area contributed by atoms with E-state index in [2.05, 4.69) is 24.8 Å². The quantitative estimate of drug-likeness (QED) is 0.772. The van der Waals surface area contributed by atoms with E-state index < -0.39 is 0 Å². The smallest absolute Gasteiger partial charge is 0.0785 e. The summed E-state index contributed by atoms with van der Waals surface area (Å²) < 4.78 is 0. The molecule has 1 heterocycles. The fraction of sp³-hybridized carbons (Fsp3) is 0.571. The van der Waals surface area contributed by atoms with Crippen LogP contribution < -0.4 is 16.4 Å². The average Bonchev–Trinajstić information content (AvgIpc) is 2.33. The summed E-state index contributed by atoms with van der Waals surface area (Å²) in [7, 11) is 0. The summed E-state index contributed by atoms with van der Waals surface area (Å²) in [5.74, 6) is 1.64. The predicted molar refractivity (Wildman–Crippen MR) is 75.0 cm³/mol. The Morgan fingerprint density at radius 3 is 2.41 bits per heavy atom. The van der Waals surface area contributed by atoms with E-state index in [0.717, 1.165) is 36.3 Å². The largest absolute Gasteiger partial charge is 0.397 e. The van der Waals surface area contributed by atoms with Gasteiger partial charge in [-0.2, -0.15) is 0 Å². The highest BCUT2D eigenvalue weighted by atomic mass is 15.1. The Balaban J connectivity index is 2.08. The lowest BCUT2D eigenvalue weighted by Crippen LogP contribution is -2.35. The van der Waals surface area contributed by atoms with Crippen LogP contribution in [0.15, 0.2) is 18.2 Å². The topological polar surface area (TPSA) is 55.3 Å². The van der Waals surface area contributed by atoms with Crippen LogP contribution >= 0.6 is 0 Å². The molecule has 0 unspecified atom stereocenters. The standard InChI is InChI=1S/C14H23N3/c1-10(2)11-6-8-17(9-7-11)13-5-3-4-12(15)14(13)16/h3-5,10-11H,6-9,15-16H2,1-2H3. The third-order valence-electron chi connectivity index (χ3n) is 3.94. The lowest BCUT2D eigenvalue weighted by atomic mass is 9.86. The van der Waals surface area contributed by atoms with Gasteiger partial charge in [-0.3, -0.25) is 0 Å². The predicted octanol–water partition coefficient (Wildman–Crippen LogP) is 2.72. The van der Waals surface area contributed by atoms with Gasteiger partial charge in [0.2, 0.25) is 0 Å². The van der Waals surface area contributed by atoms with E-state index in [4.69, 9.17) is 11.5 Å². The van der Waals surface area contributed by atoms with Gasteiger partial charge in [-0.25, -0.2) is 0 Å². The molecule has 0 saturated carbocycles. The fourth-order valence-corrected chi connectivity index (χ4v) is 2.65. The van der Waals surface area contributed by atoms with Crippen molar-refractivity contribution in [1.82, 2.24) is 0 Å². The Kier molecular flexibility index (Phi) is 3.46. The number of piperidine rings is 1. The van der Waals surface area contributed by atoms with Crippen molar-refractivity contribution in [3.05, 3.63) is 18.2 Å². The summed E-state index contributed by atoms with van der Waals surface area (Å²) in [6.45, 7) is 6.82. The molecule has 0 spiro atoms. The van der Waals surface area contributed by atoms with E-state index in [9.17, 15) is 0 Å². The summed E-state index contributed by atoms with van der Waals surface area (Å²) in [5.41, 5.74) is 14.4. The highest BCUT2D eigenvalue weighted by Crippen LogP contribution is 2.33. The average molecular weight is 233 g/mol. The highest BCUT2D eigenvalue weighted by Gasteiger charge is 2.22. The van der Waals surface area contributed by atoms with Crippen molar-refractivity contribution >= 4 is 17.1 Å². The summed E-state index contributed by atoms with van der Waals surface area (Å²) in [4.78, 5) is 2.37. The molecule has 0 bridgehead atoms. The number of nitrogens with two attached hydrogens (primary N) is 2. The minimum atomic E-state index is 0.688. The summed E-state index contributed by atoms with van der Waals surface area (Å²) >= 11 is 0. The maximum atomic E-state index is 6.04. The van der Waals surface area contributed by atoms with Crippen molar-refractivity contribution in [3.8, 4) is 0 Å². The first-order chi connectivity index (χ1) is 8.09. The Morgan fingerprint density at radius 1 is 1.18 bits per heavy atom. The zero-order valence-corrected chi connectivity index (χ0v) is 10.8. The molecule has 1 fully saturated rings. The van der Waals surface area contributed by atoms with Gasteiger partial charge in [0.25, 0.3) is 0 Å². The van der Waals surface area contributed by atoms with Crippen LogP contribution in [0, 0.1) is 11.8 Å². The van der Waals surface area contributed by atoms with Gasteiger partial charge in [-0.1, -0.05) is 19.9 Å². The molecule has 3 heteroatoms. The molecule has 1 saturated heterocycles. The van der Waals surface area contributed by atoms with Crippen LogP contribution in [0.5, 0.6) is 0 Å². The number of anilines is 3. The Morgan fingerprint density at radius 2 is 1.82 bits per heavy atom. The number of nitrogens with zero attached hydrogens (tertiary/aromatic N) is 1.